The summed E-state index contributed by atoms with van der Waals surface area (Å²) in [6.07, 6.45) is 2.46. The number of aromatic amines is 1. The lowest BCUT2D eigenvalue weighted by molar-refractivity contribution is 0.130. The summed E-state index contributed by atoms with van der Waals surface area (Å²) in [5.41, 5.74) is 1.05. The topological polar surface area (TPSA) is 82.7 Å². The Morgan fingerprint density at radius 1 is 1.20 bits per heavy atom. The number of piperazine rings is 1. The molecule has 1 saturated heterocycles. The molecule has 0 aliphatic carbocycles. The number of likely N-dealkylation sites (N-methyl/N-ethyl adjacent to an activating group) is 1. The van der Waals surface area contributed by atoms with Crippen LogP contribution in [0.3, 0.4) is 0 Å². The molecular weight excluding hydrogens is 406 g/mol. The fourth-order valence-corrected chi connectivity index (χ4v) is 3.61. The van der Waals surface area contributed by atoms with Crippen molar-refractivity contribution in [2.75, 3.05) is 58.3 Å². The lowest BCUT2D eigenvalue weighted by Crippen LogP contribution is -2.46. The van der Waals surface area contributed by atoms with Crippen LogP contribution in [0.2, 0.25) is 5.02 Å². The van der Waals surface area contributed by atoms with Crippen LogP contribution in [0.4, 0.5) is 5.69 Å². The van der Waals surface area contributed by atoms with Crippen molar-refractivity contribution in [2.45, 2.75) is 19.9 Å². The fourth-order valence-electron chi connectivity index (χ4n) is 3.45. The molecule has 1 aliphatic heterocycles. The molecule has 1 aliphatic rings. The van der Waals surface area contributed by atoms with Gasteiger partial charge in [-0.2, -0.15) is 5.10 Å². The molecule has 0 radical (unpaired) electrons. The highest BCUT2D eigenvalue weighted by atomic mass is 35.5. The van der Waals surface area contributed by atoms with E-state index in [4.69, 9.17) is 21.1 Å². The summed E-state index contributed by atoms with van der Waals surface area (Å²) in [6.45, 7) is 10.0. The van der Waals surface area contributed by atoms with Crippen LogP contribution in [0.5, 0.6) is 11.5 Å². The first kappa shape index (κ1) is 22.4. The summed E-state index contributed by atoms with van der Waals surface area (Å²) in [6, 6.07) is 5.77. The minimum absolute atomic E-state index is 0.0924. The first-order chi connectivity index (χ1) is 14.6. The second-order valence-corrected chi connectivity index (χ2v) is 7.62. The van der Waals surface area contributed by atoms with Crippen LogP contribution >= 0.6 is 11.6 Å². The van der Waals surface area contributed by atoms with Gasteiger partial charge in [0.1, 0.15) is 5.02 Å². The zero-order valence-corrected chi connectivity index (χ0v) is 18.4. The Bertz CT molecular complexity index is 868. The third-order valence-electron chi connectivity index (χ3n) is 5.29. The smallest absolute Gasteiger partial charge is 0.285 e. The quantitative estimate of drug-likeness (QED) is 0.554. The number of rotatable bonds is 10. The van der Waals surface area contributed by atoms with Crippen molar-refractivity contribution in [3.05, 3.63) is 45.3 Å². The number of ether oxygens (including phenoxy) is 2. The largest absolute Gasteiger partial charge is 0.493 e. The van der Waals surface area contributed by atoms with Crippen molar-refractivity contribution < 1.29 is 9.47 Å². The molecule has 164 valence electrons. The Morgan fingerprint density at radius 2 is 1.97 bits per heavy atom. The number of nitrogens with zero attached hydrogens (tertiary/aromatic N) is 3. The van der Waals surface area contributed by atoms with E-state index in [1.54, 1.807) is 7.11 Å². The van der Waals surface area contributed by atoms with Gasteiger partial charge in [0.2, 0.25) is 0 Å². The second-order valence-electron chi connectivity index (χ2n) is 7.24. The van der Waals surface area contributed by atoms with Gasteiger partial charge < -0.3 is 24.6 Å². The van der Waals surface area contributed by atoms with E-state index in [1.165, 1.54) is 6.20 Å². The maximum Gasteiger partial charge on any atom is 0.285 e. The Balaban J connectivity index is 1.50. The molecule has 0 atom stereocenters. The predicted molar refractivity (Wildman–Crippen MR) is 119 cm³/mol. The molecule has 1 fully saturated rings. The van der Waals surface area contributed by atoms with Crippen molar-refractivity contribution in [3.63, 3.8) is 0 Å². The van der Waals surface area contributed by atoms with Crippen LogP contribution in [0.25, 0.3) is 0 Å². The number of methoxy groups -OCH3 is 1. The van der Waals surface area contributed by atoms with Crippen molar-refractivity contribution >= 4 is 17.3 Å². The van der Waals surface area contributed by atoms with Crippen molar-refractivity contribution in [3.8, 4) is 11.5 Å². The van der Waals surface area contributed by atoms with Gasteiger partial charge in [-0.15, -0.1) is 0 Å². The molecule has 2 N–H and O–H groups in total. The lowest BCUT2D eigenvalue weighted by atomic mass is 10.2. The van der Waals surface area contributed by atoms with Crippen molar-refractivity contribution in [2.24, 2.45) is 0 Å². The van der Waals surface area contributed by atoms with Gasteiger partial charge >= 0.3 is 0 Å². The minimum atomic E-state index is -0.420. The maximum absolute atomic E-state index is 11.5. The Kier molecular flexibility index (Phi) is 8.36. The number of H-pyrrole nitrogens is 1. The molecule has 1 aromatic heterocycles. The molecule has 0 saturated carbocycles. The SMILES string of the molecule is CCN1CCN(CCCOc2cc(CNc3cn[nH]c(=O)c3Cl)ccc2OC)CC1. The highest BCUT2D eigenvalue weighted by Gasteiger charge is 2.15. The van der Waals surface area contributed by atoms with E-state index in [0.29, 0.717) is 30.3 Å². The number of halogens is 1. The van der Waals surface area contributed by atoms with E-state index in [-0.39, 0.29) is 5.02 Å². The zero-order valence-electron chi connectivity index (χ0n) is 17.6. The predicted octanol–water partition coefficient (Wildman–Crippen LogP) is 2.45. The molecule has 9 heteroatoms. The van der Waals surface area contributed by atoms with Crippen molar-refractivity contribution in [1.29, 1.82) is 0 Å². The maximum atomic E-state index is 11.5. The van der Waals surface area contributed by atoms with Crippen LogP contribution in [0.1, 0.15) is 18.9 Å². The first-order valence-corrected chi connectivity index (χ1v) is 10.7. The third-order valence-corrected chi connectivity index (χ3v) is 5.67. The average molecular weight is 436 g/mol. The number of aromatic nitrogens is 2. The molecule has 0 amide bonds. The van der Waals surface area contributed by atoms with E-state index in [9.17, 15) is 4.79 Å². The number of benzene rings is 1. The zero-order chi connectivity index (χ0) is 21.3. The molecule has 3 rings (SSSR count). The van der Waals surface area contributed by atoms with Gasteiger partial charge in [-0.05, 0) is 30.7 Å². The third kappa shape index (κ3) is 6.10. The lowest BCUT2D eigenvalue weighted by Gasteiger charge is -2.33. The molecule has 8 nitrogen and oxygen atoms in total. The average Bonchev–Trinajstić information content (AvgIpc) is 2.78. The molecule has 30 heavy (non-hydrogen) atoms. The highest BCUT2D eigenvalue weighted by Crippen LogP contribution is 2.29. The Labute approximate surface area is 182 Å². The molecule has 2 heterocycles. The normalized spacial score (nSPS) is 15.2. The van der Waals surface area contributed by atoms with E-state index >= 15 is 0 Å². The number of anilines is 1. The molecule has 0 unspecified atom stereocenters. The molecule has 1 aromatic carbocycles. The van der Waals surface area contributed by atoms with Crippen LogP contribution < -0.4 is 20.3 Å². The molecule has 0 spiro atoms. The molecular formula is C21H30ClN5O3. The molecule has 2 aromatic rings. The summed E-state index contributed by atoms with van der Waals surface area (Å²) in [5, 5.41) is 9.29. The number of nitrogens with one attached hydrogen (secondary N) is 2. The van der Waals surface area contributed by atoms with Crippen molar-refractivity contribution in [1.82, 2.24) is 20.0 Å². The van der Waals surface area contributed by atoms with Gasteiger partial charge in [-0.3, -0.25) is 4.79 Å². The Morgan fingerprint density at radius 3 is 2.70 bits per heavy atom. The van der Waals surface area contributed by atoms with Gasteiger partial charge in [0.25, 0.3) is 5.56 Å². The van der Waals surface area contributed by atoms with E-state index in [0.717, 1.165) is 51.3 Å². The molecule has 0 bridgehead atoms. The van der Waals surface area contributed by atoms with E-state index in [2.05, 4.69) is 32.2 Å². The number of hydrogen-bond donors (Lipinski definition) is 2. The Hall–Kier alpha value is -2.29. The van der Waals surface area contributed by atoms with Crippen LogP contribution in [0.15, 0.2) is 29.2 Å². The van der Waals surface area contributed by atoms with E-state index in [1.807, 2.05) is 18.2 Å². The van der Waals surface area contributed by atoms with Gasteiger partial charge in [0.15, 0.2) is 11.5 Å². The van der Waals surface area contributed by atoms with E-state index < -0.39 is 5.56 Å². The summed E-state index contributed by atoms with van der Waals surface area (Å²) in [7, 11) is 1.63. The summed E-state index contributed by atoms with van der Waals surface area (Å²) < 4.78 is 11.4. The van der Waals surface area contributed by atoms with Crippen LogP contribution in [-0.2, 0) is 6.54 Å². The number of hydrogen-bond acceptors (Lipinski definition) is 7. The van der Waals surface area contributed by atoms with Crippen LogP contribution in [-0.4, -0.2) is 73.0 Å². The summed E-state index contributed by atoms with van der Waals surface area (Å²) in [5.74, 6) is 1.41. The van der Waals surface area contributed by atoms with Gasteiger partial charge in [0, 0.05) is 39.3 Å². The standard InChI is InChI=1S/C21H30ClN5O3/c1-3-26-8-10-27(11-9-26)7-4-12-30-19-13-16(5-6-18(19)29-2)14-23-17-15-24-25-21(28)20(17)22/h5-6,13,15H,3-4,7-12,14H2,1-2H3,(H2,23,25,28). The van der Waals surface area contributed by atoms with Gasteiger partial charge in [0.05, 0.1) is 25.6 Å². The minimum Gasteiger partial charge on any atom is -0.493 e. The van der Waals surface area contributed by atoms with Gasteiger partial charge in [-0.25, -0.2) is 5.10 Å². The highest BCUT2D eigenvalue weighted by molar-refractivity contribution is 6.32. The second kappa shape index (κ2) is 11.2. The van der Waals surface area contributed by atoms with Crippen LogP contribution in [0, 0.1) is 0 Å². The first-order valence-electron chi connectivity index (χ1n) is 10.3. The summed E-state index contributed by atoms with van der Waals surface area (Å²) in [4.78, 5) is 16.5. The van der Waals surface area contributed by atoms with Gasteiger partial charge in [-0.1, -0.05) is 24.6 Å². The monoisotopic (exact) mass is 435 g/mol. The fraction of sp³-hybridized carbons (Fsp3) is 0.524. The summed E-state index contributed by atoms with van der Waals surface area (Å²) >= 11 is 6.01.